The maximum Gasteiger partial charge on any atom is 0.125 e. The van der Waals surface area contributed by atoms with Crippen LogP contribution in [0.2, 0.25) is 0 Å². The second-order valence-corrected chi connectivity index (χ2v) is 5.42. The smallest absolute Gasteiger partial charge is 0.125 e. The summed E-state index contributed by atoms with van der Waals surface area (Å²) in [7, 11) is 0. The van der Waals surface area contributed by atoms with Crippen LogP contribution in [0, 0.1) is 23.1 Å². The minimum absolute atomic E-state index is 0.132. The summed E-state index contributed by atoms with van der Waals surface area (Å²) in [6, 6.07) is 6.93. The van der Waals surface area contributed by atoms with Crippen LogP contribution >= 0.6 is 0 Å². The Morgan fingerprint density at radius 1 is 1.27 bits per heavy atom. The Labute approximate surface area is 89.9 Å². The molecule has 1 saturated carbocycles. The van der Waals surface area contributed by atoms with Gasteiger partial charge in [-0.3, -0.25) is 0 Å². The lowest BCUT2D eigenvalue weighted by Crippen LogP contribution is -2.26. The van der Waals surface area contributed by atoms with Gasteiger partial charge in [-0.2, -0.15) is 0 Å². The first-order valence-corrected chi connectivity index (χ1v) is 5.59. The highest BCUT2D eigenvalue weighted by molar-refractivity contribution is 5.49. The first kappa shape index (κ1) is 9.20. The highest BCUT2D eigenvalue weighted by atomic mass is 19.1. The van der Waals surface area contributed by atoms with E-state index in [4.69, 9.17) is 0 Å². The molecule has 0 bridgehead atoms. The van der Waals surface area contributed by atoms with Gasteiger partial charge < -0.3 is 4.90 Å². The molecule has 1 aliphatic heterocycles. The van der Waals surface area contributed by atoms with Gasteiger partial charge in [-0.1, -0.05) is 19.9 Å². The number of benzene rings is 1. The third-order valence-electron chi connectivity index (χ3n) is 4.30. The van der Waals surface area contributed by atoms with Crippen molar-refractivity contribution >= 4 is 5.69 Å². The number of nitrogens with zero attached hydrogens (tertiary/aromatic N) is 1. The number of hydrogen-bond acceptors (Lipinski definition) is 1. The number of piperidine rings is 1. The predicted octanol–water partition coefficient (Wildman–Crippen LogP) is 2.92. The van der Waals surface area contributed by atoms with Crippen molar-refractivity contribution in [3.63, 3.8) is 0 Å². The molecule has 0 amide bonds. The zero-order valence-corrected chi connectivity index (χ0v) is 9.20. The molecule has 2 atom stereocenters. The van der Waals surface area contributed by atoms with E-state index in [0.29, 0.717) is 5.41 Å². The summed E-state index contributed by atoms with van der Waals surface area (Å²) in [6.07, 6.45) is 0. The fraction of sp³-hybridized carbons (Fsp3) is 0.538. The third kappa shape index (κ3) is 1.27. The summed E-state index contributed by atoms with van der Waals surface area (Å²) >= 11 is 0. The van der Waals surface area contributed by atoms with Crippen LogP contribution < -0.4 is 4.90 Å². The van der Waals surface area contributed by atoms with Crippen LogP contribution in [0.15, 0.2) is 24.3 Å². The molecule has 0 spiro atoms. The fourth-order valence-electron chi connectivity index (χ4n) is 3.02. The second kappa shape index (κ2) is 2.75. The van der Waals surface area contributed by atoms with E-state index in [0.717, 1.165) is 30.6 Å². The second-order valence-electron chi connectivity index (χ2n) is 5.42. The Morgan fingerprint density at radius 2 is 1.93 bits per heavy atom. The van der Waals surface area contributed by atoms with Gasteiger partial charge >= 0.3 is 0 Å². The Bertz CT molecular complexity index is 385. The fourth-order valence-corrected chi connectivity index (χ4v) is 3.02. The molecular formula is C13H16FN. The van der Waals surface area contributed by atoms with Crippen molar-refractivity contribution in [3.8, 4) is 0 Å². The largest absolute Gasteiger partial charge is 0.371 e. The number of halogens is 1. The summed E-state index contributed by atoms with van der Waals surface area (Å²) in [5, 5.41) is 0. The monoisotopic (exact) mass is 205 g/mol. The minimum Gasteiger partial charge on any atom is -0.371 e. The van der Waals surface area contributed by atoms with E-state index in [-0.39, 0.29) is 5.82 Å². The van der Waals surface area contributed by atoms with E-state index in [1.165, 1.54) is 6.07 Å². The number of fused-ring (bicyclic) bond motifs is 1. The van der Waals surface area contributed by atoms with Gasteiger partial charge in [0.25, 0.3) is 0 Å². The van der Waals surface area contributed by atoms with Gasteiger partial charge in [0.05, 0.1) is 0 Å². The zero-order chi connectivity index (χ0) is 10.6. The zero-order valence-electron chi connectivity index (χ0n) is 9.20. The standard InChI is InChI=1S/C13H16FN/c1-13(2)11-7-15(8-12(11)13)10-5-3-4-9(14)6-10/h3-6,11-12H,7-8H2,1-2H3. The first-order valence-electron chi connectivity index (χ1n) is 5.59. The van der Waals surface area contributed by atoms with Crippen LogP contribution in [0.5, 0.6) is 0 Å². The lowest BCUT2D eigenvalue weighted by molar-refractivity contribution is 0.499. The van der Waals surface area contributed by atoms with Crippen LogP contribution in [-0.2, 0) is 0 Å². The summed E-state index contributed by atoms with van der Waals surface area (Å²) in [4.78, 5) is 2.31. The highest BCUT2D eigenvalue weighted by Gasteiger charge is 2.61. The number of rotatable bonds is 1. The van der Waals surface area contributed by atoms with Crippen molar-refractivity contribution in [2.75, 3.05) is 18.0 Å². The van der Waals surface area contributed by atoms with Gasteiger partial charge in [0.15, 0.2) is 0 Å². The molecule has 3 rings (SSSR count). The Hall–Kier alpha value is -1.05. The Balaban J connectivity index is 1.78. The van der Waals surface area contributed by atoms with E-state index >= 15 is 0 Å². The molecule has 1 aromatic rings. The molecule has 1 saturated heterocycles. The summed E-state index contributed by atoms with van der Waals surface area (Å²) < 4.78 is 13.1. The van der Waals surface area contributed by atoms with Gasteiger partial charge in [0.2, 0.25) is 0 Å². The Kier molecular flexibility index (Phi) is 1.68. The van der Waals surface area contributed by atoms with E-state index in [9.17, 15) is 4.39 Å². The minimum atomic E-state index is -0.132. The number of anilines is 1. The van der Waals surface area contributed by atoms with Gasteiger partial charge in [-0.15, -0.1) is 0 Å². The molecule has 1 nitrogen and oxygen atoms in total. The van der Waals surface area contributed by atoms with E-state index in [1.807, 2.05) is 6.07 Å². The van der Waals surface area contributed by atoms with Crippen molar-refractivity contribution in [1.82, 2.24) is 0 Å². The maximum absolute atomic E-state index is 13.1. The third-order valence-corrected chi connectivity index (χ3v) is 4.30. The quantitative estimate of drug-likeness (QED) is 0.681. The average Bonchev–Trinajstić information content (AvgIpc) is 2.63. The molecule has 0 radical (unpaired) electrons. The van der Waals surface area contributed by atoms with Crippen LogP contribution in [0.4, 0.5) is 10.1 Å². The summed E-state index contributed by atoms with van der Waals surface area (Å²) in [5.74, 6) is 1.51. The average molecular weight is 205 g/mol. The van der Waals surface area contributed by atoms with Crippen molar-refractivity contribution in [2.45, 2.75) is 13.8 Å². The van der Waals surface area contributed by atoms with Crippen molar-refractivity contribution in [2.24, 2.45) is 17.3 Å². The molecule has 1 aliphatic carbocycles. The normalized spacial score (nSPS) is 31.5. The van der Waals surface area contributed by atoms with Crippen LogP contribution in [0.1, 0.15) is 13.8 Å². The van der Waals surface area contributed by atoms with Crippen LogP contribution in [0.3, 0.4) is 0 Å². The molecule has 2 heteroatoms. The summed E-state index contributed by atoms with van der Waals surface area (Å²) in [6.45, 7) is 6.87. The molecule has 15 heavy (non-hydrogen) atoms. The maximum atomic E-state index is 13.1. The van der Waals surface area contributed by atoms with E-state index in [1.54, 1.807) is 12.1 Å². The predicted molar refractivity (Wildman–Crippen MR) is 59.4 cm³/mol. The van der Waals surface area contributed by atoms with E-state index < -0.39 is 0 Å². The first-order chi connectivity index (χ1) is 7.09. The van der Waals surface area contributed by atoms with Gasteiger partial charge in [-0.25, -0.2) is 4.39 Å². The molecular weight excluding hydrogens is 189 g/mol. The number of hydrogen-bond donors (Lipinski definition) is 0. The van der Waals surface area contributed by atoms with Gasteiger partial charge in [-0.05, 0) is 35.4 Å². The lowest BCUT2D eigenvalue weighted by atomic mass is 10.1. The van der Waals surface area contributed by atoms with Crippen LogP contribution in [-0.4, -0.2) is 13.1 Å². The molecule has 2 fully saturated rings. The highest BCUT2D eigenvalue weighted by Crippen LogP contribution is 2.62. The molecule has 2 unspecified atom stereocenters. The van der Waals surface area contributed by atoms with Crippen molar-refractivity contribution in [3.05, 3.63) is 30.1 Å². The van der Waals surface area contributed by atoms with Gasteiger partial charge in [0, 0.05) is 18.8 Å². The molecule has 0 N–H and O–H groups in total. The van der Waals surface area contributed by atoms with Crippen LogP contribution in [0.25, 0.3) is 0 Å². The molecule has 2 aliphatic rings. The van der Waals surface area contributed by atoms with Crippen molar-refractivity contribution < 1.29 is 4.39 Å². The summed E-state index contributed by atoms with van der Waals surface area (Å²) in [5.41, 5.74) is 1.57. The Morgan fingerprint density at radius 3 is 2.53 bits per heavy atom. The lowest BCUT2D eigenvalue weighted by Gasteiger charge is -2.24. The molecule has 80 valence electrons. The SMILES string of the molecule is CC1(C)C2CN(c3cccc(F)c3)CC21. The van der Waals surface area contributed by atoms with E-state index in [2.05, 4.69) is 18.7 Å². The van der Waals surface area contributed by atoms with Gasteiger partial charge in [0.1, 0.15) is 5.82 Å². The molecule has 0 aromatic heterocycles. The topological polar surface area (TPSA) is 3.24 Å². The molecule has 1 heterocycles. The van der Waals surface area contributed by atoms with Crippen molar-refractivity contribution in [1.29, 1.82) is 0 Å². The molecule has 1 aromatic carbocycles.